The minimum Gasteiger partial charge on any atom is -0.409 e. The zero-order chi connectivity index (χ0) is 15.2. The van der Waals surface area contributed by atoms with E-state index < -0.39 is 0 Å². The number of nitrogens with one attached hydrogen (secondary N) is 1. The molecule has 0 aliphatic rings. The van der Waals surface area contributed by atoms with Crippen LogP contribution in [-0.4, -0.2) is 17.0 Å². The van der Waals surface area contributed by atoms with Crippen molar-refractivity contribution in [2.75, 3.05) is 0 Å². The standard InChI is InChI=1S/C15H17N3O2S/c1-2-12(13-4-3-9-21-13)17-15(19)11-7-5-10(6-8-11)14(16)18-20/h3-9,12,20H,2H2,1H3,(H2,16,18)(H,17,19). The topological polar surface area (TPSA) is 87.7 Å². The van der Waals surface area contributed by atoms with Crippen LogP contribution in [0, 0.1) is 0 Å². The van der Waals surface area contributed by atoms with Crippen LogP contribution in [0.2, 0.25) is 0 Å². The van der Waals surface area contributed by atoms with Crippen molar-refractivity contribution in [2.24, 2.45) is 10.9 Å². The van der Waals surface area contributed by atoms with Crippen LogP contribution in [0.1, 0.15) is 40.2 Å². The van der Waals surface area contributed by atoms with E-state index in [1.54, 1.807) is 35.6 Å². The number of oxime groups is 1. The van der Waals surface area contributed by atoms with Crippen molar-refractivity contribution < 1.29 is 10.0 Å². The number of hydrogen-bond donors (Lipinski definition) is 3. The predicted octanol–water partition coefficient (Wildman–Crippen LogP) is 2.72. The number of benzene rings is 1. The Balaban J connectivity index is 2.09. The highest BCUT2D eigenvalue weighted by atomic mass is 32.1. The van der Waals surface area contributed by atoms with Crippen molar-refractivity contribution in [3.05, 3.63) is 57.8 Å². The highest BCUT2D eigenvalue weighted by Gasteiger charge is 2.15. The monoisotopic (exact) mass is 303 g/mol. The van der Waals surface area contributed by atoms with E-state index in [-0.39, 0.29) is 17.8 Å². The first-order valence-electron chi connectivity index (χ1n) is 6.58. The smallest absolute Gasteiger partial charge is 0.251 e. The second-order valence-corrected chi connectivity index (χ2v) is 5.49. The Kier molecular flexibility index (Phi) is 4.94. The molecule has 1 unspecified atom stereocenters. The summed E-state index contributed by atoms with van der Waals surface area (Å²) in [6.07, 6.45) is 0.828. The Morgan fingerprint density at radius 2 is 2.00 bits per heavy atom. The van der Waals surface area contributed by atoms with Crippen molar-refractivity contribution in [1.29, 1.82) is 0 Å². The first-order chi connectivity index (χ1) is 10.2. The van der Waals surface area contributed by atoms with E-state index in [9.17, 15) is 4.79 Å². The minimum atomic E-state index is -0.138. The van der Waals surface area contributed by atoms with E-state index in [1.807, 2.05) is 24.4 Å². The van der Waals surface area contributed by atoms with E-state index in [4.69, 9.17) is 10.9 Å². The third-order valence-corrected chi connectivity index (χ3v) is 4.14. The van der Waals surface area contributed by atoms with Crippen LogP contribution in [0.3, 0.4) is 0 Å². The number of hydrogen-bond acceptors (Lipinski definition) is 4. The number of nitrogens with zero attached hydrogens (tertiary/aromatic N) is 1. The fourth-order valence-corrected chi connectivity index (χ4v) is 2.82. The molecule has 21 heavy (non-hydrogen) atoms. The number of amidine groups is 1. The first kappa shape index (κ1) is 15.1. The van der Waals surface area contributed by atoms with Gasteiger partial charge in [0.1, 0.15) is 0 Å². The van der Waals surface area contributed by atoms with Gasteiger partial charge in [0.05, 0.1) is 6.04 Å². The van der Waals surface area contributed by atoms with Gasteiger partial charge < -0.3 is 16.3 Å². The SMILES string of the molecule is CCC(NC(=O)c1ccc(C(N)=NO)cc1)c1cccs1. The summed E-state index contributed by atoms with van der Waals surface area (Å²) >= 11 is 1.63. The highest BCUT2D eigenvalue weighted by Crippen LogP contribution is 2.22. The summed E-state index contributed by atoms with van der Waals surface area (Å²) in [6.45, 7) is 2.03. The van der Waals surface area contributed by atoms with Crippen LogP contribution in [0.4, 0.5) is 0 Å². The molecule has 2 aromatic rings. The molecular formula is C15H17N3O2S. The van der Waals surface area contributed by atoms with Crippen molar-refractivity contribution in [3.63, 3.8) is 0 Å². The molecule has 0 radical (unpaired) electrons. The van der Waals surface area contributed by atoms with Crippen LogP contribution >= 0.6 is 11.3 Å². The Bertz CT molecular complexity index is 621. The maximum Gasteiger partial charge on any atom is 0.251 e. The lowest BCUT2D eigenvalue weighted by molar-refractivity contribution is 0.0936. The van der Waals surface area contributed by atoms with Gasteiger partial charge in [-0.25, -0.2) is 0 Å². The van der Waals surface area contributed by atoms with Gasteiger partial charge in [0, 0.05) is 16.0 Å². The number of amides is 1. The Labute approximate surface area is 127 Å². The summed E-state index contributed by atoms with van der Waals surface area (Å²) < 4.78 is 0. The van der Waals surface area contributed by atoms with Crippen molar-refractivity contribution in [2.45, 2.75) is 19.4 Å². The minimum absolute atomic E-state index is 0.0150. The maximum atomic E-state index is 12.2. The number of rotatable bonds is 5. The molecule has 1 atom stereocenters. The van der Waals surface area contributed by atoms with Crippen molar-refractivity contribution >= 4 is 23.1 Å². The Hall–Kier alpha value is -2.34. The van der Waals surface area contributed by atoms with Crippen LogP contribution in [0.15, 0.2) is 46.9 Å². The number of carbonyl (C=O) groups excluding carboxylic acids is 1. The fourth-order valence-electron chi connectivity index (χ4n) is 1.96. The molecule has 0 aliphatic carbocycles. The molecule has 0 spiro atoms. The molecule has 1 aromatic heterocycles. The van der Waals surface area contributed by atoms with Crippen molar-refractivity contribution in [1.82, 2.24) is 5.32 Å². The third kappa shape index (κ3) is 3.61. The first-order valence-corrected chi connectivity index (χ1v) is 7.46. The number of carbonyl (C=O) groups is 1. The summed E-state index contributed by atoms with van der Waals surface area (Å²) in [5.74, 6) is -0.117. The van der Waals surface area contributed by atoms with Gasteiger partial charge in [0.25, 0.3) is 5.91 Å². The molecule has 110 valence electrons. The molecule has 0 saturated carbocycles. The van der Waals surface area contributed by atoms with E-state index in [0.717, 1.165) is 11.3 Å². The molecular weight excluding hydrogens is 286 g/mol. The predicted molar refractivity (Wildman–Crippen MR) is 83.8 cm³/mol. The number of nitrogens with two attached hydrogens (primary N) is 1. The largest absolute Gasteiger partial charge is 0.409 e. The molecule has 0 aliphatic heterocycles. The zero-order valence-electron chi connectivity index (χ0n) is 11.6. The quantitative estimate of drug-likeness (QED) is 0.343. The normalized spacial score (nSPS) is 12.9. The van der Waals surface area contributed by atoms with Gasteiger partial charge in [-0.05, 0) is 30.0 Å². The van der Waals surface area contributed by atoms with Gasteiger partial charge in [0.15, 0.2) is 5.84 Å². The average Bonchev–Trinajstić information content (AvgIpc) is 3.06. The lowest BCUT2D eigenvalue weighted by atomic mass is 10.1. The van der Waals surface area contributed by atoms with Crippen LogP contribution < -0.4 is 11.1 Å². The van der Waals surface area contributed by atoms with Gasteiger partial charge in [-0.2, -0.15) is 0 Å². The molecule has 2 rings (SSSR count). The third-order valence-electron chi connectivity index (χ3n) is 3.15. The van der Waals surface area contributed by atoms with Crippen molar-refractivity contribution in [3.8, 4) is 0 Å². The van der Waals surface area contributed by atoms with Gasteiger partial charge in [0.2, 0.25) is 0 Å². The molecule has 5 nitrogen and oxygen atoms in total. The van der Waals surface area contributed by atoms with Gasteiger partial charge in [-0.1, -0.05) is 30.3 Å². The molecule has 0 saturated heterocycles. The summed E-state index contributed by atoms with van der Waals surface area (Å²) in [5, 5.41) is 16.5. The molecule has 6 heteroatoms. The van der Waals surface area contributed by atoms with Crippen LogP contribution in [-0.2, 0) is 0 Å². The lowest BCUT2D eigenvalue weighted by Crippen LogP contribution is -2.27. The van der Waals surface area contributed by atoms with Crippen LogP contribution in [0.25, 0.3) is 0 Å². The Morgan fingerprint density at radius 3 is 2.52 bits per heavy atom. The summed E-state index contributed by atoms with van der Waals surface area (Å²) in [5.41, 5.74) is 6.60. The second-order valence-electron chi connectivity index (χ2n) is 4.51. The maximum absolute atomic E-state index is 12.2. The molecule has 4 N–H and O–H groups in total. The highest BCUT2D eigenvalue weighted by molar-refractivity contribution is 7.10. The van der Waals surface area contributed by atoms with Gasteiger partial charge in [-0.15, -0.1) is 11.3 Å². The van der Waals surface area contributed by atoms with E-state index in [2.05, 4.69) is 10.5 Å². The summed E-state index contributed by atoms with van der Waals surface area (Å²) in [6, 6.07) is 10.6. The summed E-state index contributed by atoms with van der Waals surface area (Å²) in [7, 11) is 0. The van der Waals surface area contributed by atoms with Crippen LogP contribution in [0.5, 0.6) is 0 Å². The van der Waals surface area contributed by atoms with E-state index in [0.29, 0.717) is 11.1 Å². The summed E-state index contributed by atoms with van der Waals surface area (Å²) in [4.78, 5) is 13.4. The Morgan fingerprint density at radius 1 is 1.33 bits per heavy atom. The second kappa shape index (κ2) is 6.90. The average molecular weight is 303 g/mol. The lowest BCUT2D eigenvalue weighted by Gasteiger charge is -2.15. The van der Waals surface area contributed by atoms with E-state index in [1.165, 1.54) is 0 Å². The molecule has 1 heterocycles. The molecule has 0 fully saturated rings. The molecule has 1 amide bonds. The van der Waals surface area contributed by atoms with E-state index >= 15 is 0 Å². The molecule has 1 aromatic carbocycles. The number of thiophene rings is 1. The zero-order valence-corrected chi connectivity index (χ0v) is 12.4. The fraction of sp³-hybridized carbons (Fsp3) is 0.200. The van der Waals surface area contributed by atoms with Gasteiger partial charge >= 0.3 is 0 Å². The van der Waals surface area contributed by atoms with Gasteiger partial charge in [-0.3, -0.25) is 4.79 Å². The molecule has 0 bridgehead atoms.